The Morgan fingerprint density at radius 3 is 2.60 bits per heavy atom. The number of thiophene rings is 1. The smallest absolute Gasteiger partial charge is 0.351 e. The van der Waals surface area contributed by atoms with Crippen molar-refractivity contribution in [2.45, 2.75) is 0 Å². The molecule has 0 atom stereocenters. The number of carbonyl (C=O) groups is 1. The van der Waals surface area contributed by atoms with Gasteiger partial charge in [0.05, 0.1) is 12.8 Å². The number of benzene rings is 1. The Morgan fingerprint density at radius 1 is 1.24 bits per heavy atom. The first kappa shape index (κ1) is 17.2. The summed E-state index contributed by atoms with van der Waals surface area (Å²) in [7, 11) is -1.96. The highest BCUT2D eigenvalue weighted by molar-refractivity contribution is 7.74. The van der Waals surface area contributed by atoms with E-state index in [0.29, 0.717) is 22.7 Å². The third-order valence-corrected chi connectivity index (χ3v) is 5.40. The molecule has 0 fully saturated rings. The SMILES string of the molecule is COC(=O)c1sc(N(c2c[nH]c(-c3ccccc3)c2)[SH](=O)=O)cc1F. The van der Waals surface area contributed by atoms with Crippen LogP contribution in [0.3, 0.4) is 0 Å². The largest absolute Gasteiger partial charge is 0.465 e. The maximum atomic E-state index is 13.9. The molecule has 0 aliphatic rings. The number of nitrogens with one attached hydrogen (secondary N) is 1. The number of halogens is 1. The predicted molar refractivity (Wildman–Crippen MR) is 94.3 cm³/mol. The molecule has 3 aromatic rings. The molecule has 0 saturated heterocycles. The van der Waals surface area contributed by atoms with Crippen LogP contribution in [0.5, 0.6) is 0 Å². The number of rotatable bonds is 5. The zero-order valence-corrected chi connectivity index (χ0v) is 14.6. The molecule has 1 aromatic carbocycles. The highest BCUT2D eigenvalue weighted by atomic mass is 32.2. The van der Waals surface area contributed by atoms with Gasteiger partial charge in [0, 0.05) is 18.0 Å². The minimum absolute atomic E-state index is 0.0626. The summed E-state index contributed by atoms with van der Waals surface area (Å²) in [5.41, 5.74) is 1.90. The quantitative estimate of drug-likeness (QED) is 0.526. The van der Waals surface area contributed by atoms with Crippen molar-refractivity contribution in [3.05, 3.63) is 59.4 Å². The summed E-state index contributed by atoms with van der Waals surface area (Å²) in [5, 5.41) is 0.0626. The van der Waals surface area contributed by atoms with Crippen molar-refractivity contribution >= 4 is 38.9 Å². The normalized spacial score (nSPS) is 10.8. The molecule has 0 unspecified atom stereocenters. The van der Waals surface area contributed by atoms with Gasteiger partial charge < -0.3 is 9.72 Å². The van der Waals surface area contributed by atoms with E-state index in [-0.39, 0.29) is 9.88 Å². The van der Waals surface area contributed by atoms with E-state index >= 15 is 0 Å². The maximum Gasteiger partial charge on any atom is 0.351 e. The minimum Gasteiger partial charge on any atom is -0.465 e. The lowest BCUT2D eigenvalue weighted by molar-refractivity contribution is 0.0601. The van der Waals surface area contributed by atoms with Gasteiger partial charge in [-0.2, -0.15) is 0 Å². The number of hydrogen-bond acceptors (Lipinski definition) is 5. The van der Waals surface area contributed by atoms with E-state index in [4.69, 9.17) is 0 Å². The Balaban J connectivity index is 2.01. The summed E-state index contributed by atoms with van der Waals surface area (Å²) in [6, 6.07) is 12.0. The minimum atomic E-state index is -3.09. The Morgan fingerprint density at radius 2 is 1.96 bits per heavy atom. The van der Waals surface area contributed by atoms with Crippen molar-refractivity contribution in [2.75, 3.05) is 11.4 Å². The second kappa shape index (κ2) is 7.08. The van der Waals surface area contributed by atoms with Gasteiger partial charge in [-0.15, -0.1) is 11.3 Å². The van der Waals surface area contributed by atoms with Gasteiger partial charge in [-0.3, -0.25) is 0 Å². The fraction of sp³-hybridized carbons (Fsp3) is 0.0625. The third-order valence-electron chi connectivity index (χ3n) is 3.41. The number of ether oxygens (including phenoxy) is 1. The zero-order chi connectivity index (χ0) is 18.0. The first-order chi connectivity index (χ1) is 12.0. The van der Waals surface area contributed by atoms with Crippen molar-refractivity contribution in [2.24, 2.45) is 0 Å². The van der Waals surface area contributed by atoms with Crippen LogP contribution < -0.4 is 4.31 Å². The summed E-state index contributed by atoms with van der Waals surface area (Å²) in [5.74, 6) is -1.68. The molecule has 1 N–H and O–H groups in total. The maximum absolute atomic E-state index is 13.9. The lowest BCUT2D eigenvalue weighted by atomic mass is 10.1. The van der Waals surface area contributed by atoms with Crippen LogP contribution in [-0.2, 0) is 15.6 Å². The van der Waals surface area contributed by atoms with E-state index in [0.717, 1.165) is 23.0 Å². The molecule has 0 aliphatic heterocycles. The van der Waals surface area contributed by atoms with Gasteiger partial charge in [0.2, 0.25) is 10.9 Å². The molecule has 3 rings (SSSR count). The average molecular weight is 380 g/mol. The topological polar surface area (TPSA) is 79.5 Å². The van der Waals surface area contributed by atoms with Crippen molar-refractivity contribution < 1.29 is 22.3 Å². The number of thiol groups is 1. The molecule has 9 heteroatoms. The number of carbonyl (C=O) groups excluding carboxylic acids is 1. The van der Waals surface area contributed by atoms with Crippen LogP contribution in [-0.4, -0.2) is 26.5 Å². The Labute approximate surface area is 148 Å². The Bertz CT molecular complexity index is 971. The first-order valence-electron chi connectivity index (χ1n) is 7.07. The molecule has 0 amide bonds. The summed E-state index contributed by atoms with van der Waals surface area (Å²) >= 11 is 0.707. The van der Waals surface area contributed by atoms with Crippen LogP contribution in [0.2, 0.25) is 0 Å². The van der Waals surface area contributed by atoms with Crippen molar-refractivity contribution in [1.82, 2.24) is 4.98 Å². The highest BCUT2D eigenvalue weighted by Crippen LogP contribution is 2.36. The van der Waals surface area contributed by atoms with Crippen LogP contribution in [0.15, 0.2) is 48.7 Å². The molecular formula is C16H13FN2O4S2. The number of nitrogens with zero attached hydrogens (tertiary/aromatic N) is 1. The molecule has 25 heavy (non-hydrogen) atoms. The van der Waals surface area contributed by atoms with Crippen LogP contribution in [0.4, 0.5) is 15.1 Å². The summed E-state index contributed by atoms with van der Waals surface area (Å²) < 4.78 is 42.8. The van der Waals surface area contributed by atoms with Gasteiger partial charge in [0.15, 0.2) is 10.7 Å². The molecule has 0 spiro atoms. The van der Waals surface area contributed by atoms with E-state index < -0.39 is 22.7 Å². The van der Waals surface area contributed by atoms with Crippen molar-refractivity contribution in [1.29, 1.82) is 0 Å². The average Bonchev–Trinajstić information content (AvgIpc) is 3.22. The number of aromatic amines is 1. The first-order valence-corrected chi connectivity index (χ1v) is 9.02. The number of esters is 1. The van der Waals surface area contributed by atoms with Crippen LogP contribution in [0, 0.1) is 5.82 Å². The molecule has 6 nitrogen and oxygen atoms in total. The van der Waals surface area contributed by atoms with E-state index in [9.17, 15) is 17.6 Å². The Kier molecular flexibility index (Phi) is 4.86. The van der Waals surface area contributed by atoms with E-state index in [1.165, 1.54) is 6.20 Å². The highest BCUT2D eigenvalue weighted by Gasteiger charge is 2.23. The number of H-pyrrole nitrogens is 1. The van der Waals surface area contributed by atoms with E-state index in [1.807, 2.05) is 30.3 Å². The van der Waals surface area contributed by atoms with Gasteiger partial charge in [-0.05, 0) is 11.6 Å². The number of aromatic nitrogens is 1. The van der Waals surface area contributed by atoms with Crippen LogP contribution in [0.25, 0.3) is 11.3 Å². The molecule has 2 heterocycles. The fourth-order valence-corrected chi connectivity index (χ4v) is 4.02. The molecule has 2 aromatic heterocycles. The standard InChI is InChI=1S/C16H13FN2O4S2/c1-23-16(20)15-12(17)8-14(24-15)19(25(21)22)11-7-13(18-9-11)10-5-3-2-4-6-10/h2-9,18,25H,1H3. The van der Waals surface area contributed by atoms with Gasteiger partial charge in [-0.1, -0.05) is 30.3 Å². The number of hydrogen-bond donors (Lipinski definition) is 2. The van der Waals surface area contributed by atoms with Gasteiger partial charge in [0.1, 0.15) is 5.00 Å². The zero-order valence-electron chi connectivity index (χ0n) is 12.9. The van der Waals surface area contributed by atoms with Crippen molar-refractivity contribution in [3.63, 3.8) is 0 Å². The van der Waals surface area contributed by atoms with Gasteiger partial charge >= 0.3 is 5.97 Å². The Hall–Kier alpha value is -2.65. The molecular weight excluding hydrogens is 367 g/mol. The lowest BCUT2D eigenvalue weighted by Gasteiger charge is -2.12. The molecule has 0 radical (unpaired) electrons. The molecule has 0 saturated carbocycles. The van der Waals surface area contributed by atoms with E-state index in [1.54, 1.807) is 6.07 Å². The van der Waals surface area contributed by atoms with E-state index in [2.05, 4.69) is 9.72 Å². The van der Waals surface area contributed by atoms with Crippen LogP contribution in [0.1, 0.15) is 9.67 Å². The van der Waals surface area contributed by atoms with Crippen LogP contribution >= 0.6 is 11.3 Å². The third kappa shape index (κ3) is 3.42. The summed E-state index contributed by atoms with van der Waals surface area (Å²) in [6.07, 6.45) is 1.50. The van der Waals surface area contributed by atoms with Gasteiger partial charge in [-0.25, -0.2) is 21.9 Å². The fourth-order valence-electron chi connectivity index (χ4n) is 2.28. The second-order valence-corrected chi connectivity index (χ2v) is 6.85. The second-order valence-electron chi connectivity index (χ2n) is 4.94. The summed E-state index contributed by atoms with van der Waals surface area (Å²) in [6.45, 7) is 0. The van der Waals surface area contributed by atoms with Gasteiger partial charge in [0.25, 0.3) is 0 Å². The monoisotopic (exact) mass is 380 g/mol. The molecule has 0 aliphatic carbocycles. The number of anilines is 2. The number of methoxy groups -OCH3 is 1. The predicted octanol–water partition coefficient (Wildman–Crippen LogP) is 3.33. The van der Waals surface area contributed by atoms with Crippen molar-refractivity contribution in [3.8, 4) is 11.3 Å². The summed E-state index contributed by atoms with van der Waals surface area (Å²) in [4.78, 5) is 14.3. The molecule has 0 bridgehead atoms. The lowest BCUT2D eigenvalue weighted by Crippen LogP contribution is -2.12. The molecule has 130 valence electrons.